The van der Waals surface area contributed by atoms with E-state index in [-0.39, 0.29) is 17.5 Å². The number of ether oxygens (including phenoxy) is 1. The van der Waals surface area contributed by atoms with Crippen LogP contribution in [-0.2, 0) is 4.79 Å². The van der Waals surface area contributed by atoms with Gasteiger partial charge in [-0.3, -0.25) is 9.78 Å². The van der Waals surface area contributed by atoms with Crippen molar-refractivity contribution in [3.05, 3.63) is 95.8 Å². The summed E-state index contributed by atoms with van der Waals surface area (Å²) in [7, 11) is 0. The minimum absolute atomic E-state index is 0.271. The van der Waals surface area contributed by atoms with Crippen LogP contribution >= 0.6 is 0 Å². The van der Waals surface area contributed by atoms with Gasteiger partial charge < -0.3 is 10.1 Å². The van der Waals surface area contributed by atoms with Crippen molar-refractivity contribution in [2.75, 3.05) is 0 Å². The van der Waals surface area contributed by atoms with Crippen LogP contribution in [0.25, 0.3) is 6.08 Å². The van der Waals surface area contributed by atoms with E-state index in [9.17, 15) is 13.6 Å². The second-order valence-corrected chi connectivity index (χ2v) is 6.12. The van der Waals surface area contributed by atoms with Gasteiger partial charge in [0.2, 0.25) is 5.91 Å². The van der Waals surface area contributed by atoms with E-state index in [4.69, 9.17) is 4.74 Å². The summed E-state index contributed by atoms with van der Waals surface area (Å²) in [5.74, 6) is -0.471. The Labute approximate surface area is 161 Å². The topological polar surface area (TPSA) is 51.2 Å². The van der Waals surface area contributed by atoms with Crippen molar-refractivity contribution >= 4 is 12.0 Å². The Morgan fingerprint density at radius 2 is 1.75 bits per heavy atom. The van der Waals surface area contributed by atoms with Crippen molar-refractivity contribution in [1.29, 1.82) is 0 Å². The van der Waals surface area contributed by atoms with Gasteiger partial charge >= 0.3 is 0 Å². The summed E-state index contributed by atoms with van der Waals surface area (Å²) < 4.78 is 32.1. The third-order valence-electron chi connectivity index (χ3n) is 3.91. The van der Waals surface area contributed by atoms with E-state index < -0.39 is 11.6 Å². The van der Waals surface area contributed by atoms with E-state index >= 15 is 0 Å². The molecule has 1 aromatic heterocycles. The Balaban J connectivity index is 1.63. The summed E-state index contributed by atoms with van der Waals surface area (Å²) >= 11 is 0. The average molecular weight is 380 g/mol. The first-order valence-electron chi connectivity index (χ1n) is 8.62. The van der Waals surface area contributed by atoms with Gasteiger partial charge in [0.05, 0.1) is 6.04 Å². The molecule has 0 saturated carbocycles. The van der Waals surface area contributed by atoms with Gasteiger partial charge in [0.1, 0.15) is 23.1 Å². The molecule has 1 amide bonds. The van der Waals surface area contributed by atoms with Crippen LogP contribution in [-0.4, -0.2) is 10.9 Å². The molecule has 0 aliphatic heterocycles. The van der Waals surface area contributed by atoms with Crippen LogP contribution in [0.4, 0.5) is 8.78 Å². The molecule has 0 fully saturated rings. The molecular weight excluding hydrogens is 362 g/mol. The minimum Gasteiger partial charge on any atom is -0.457 e. The molecule has 0 spiro atoms. The van der Waals surface area contributed by atoms with Gasteiger partial charge in [-0.2, -0.15) is 0 Å². The van der Waals surface area contributed by atoms with Gasteiger partial charge in [0.15, 0.2) is 0 Å². The van der Waals surface area contributed by atoms with Crippen LogP contribution in [0, 0.1) is 11.6 Å². The molecule has 1 heterocycles. The summed E-state index contributed by atoms with van der Waals surface area (Å²) in [6.07, 6.45) is 5.87. The Hall–Kier alpha value is -3.54. The van der Waals surface area contributed by atoms with Crippen molar-refractivity contribution in [1.82, 2.24) is 10.3 Å². The normalized spacial score (nSPS) is 12.0. The van der Waals surface area contributed by atoms with E-state index in [1.54, 1.807) is 24.5 Å². The monoisotopic (exact) mass is 380 g/mol. The number of amides is 1. The van der Waals surface area contributed by atoms with Crippen LogP contribution < -0.4 is 10.1 Å². The molecule has 142 valence electrons. The van der Waals surface area contributed by atoms with Gasteiger partial charge in [-0.15, -0.1) is 0 Å². The molecule has 1 N–H and O–H groups in total. The fraction of sp³-hybridized carbons (Fsp3) is 0.0909. The van der Waals surface area contributed by atoms with Crippen molar-refractivity contribution in [3.63, 3.8) is 0 Å². The maximum atomic E-state index is 13.2. The predicted molar refractivity (Wildman–Crippen MR) is 103 cm³/mol. The molecule has 0 aliphatic rings. The molecule has 0 bridgehead atoms. The van der Waals surface area contributed by atoms with Crippen LogP contribution in [0.1, 0.15) is 24.1 Å². The fourth-order valence-corrected chi connectivity index (χ4v) is 2.58. The number of nitrogens with one attached hydrogen (secondary N) is 1. The highest BCUT2D eigenvalue weighted by molar-refractivity contribution is 5.91. The number of carbonyl (C=O) groups excluding carboxylic acids is 1. The van der Waals surface area contributed by atoms with Crippen LogP contribution in [0.15, 0.2) is 73.1 Å². The quantitative estimate of drug-likeness (QED) is 0.610. The van der Waals surface area contributed by atoms with E-state index in [1.165, 1.54) is 12.2 Å². The number of benzene rings is 2. The van der Waals surface area contributed by atoms with Gasteiger partial charge in [0, 0.05) is 24.5 Å². The van der Waals surface area contributed by atoms with Crippen LogP contribution in [0.5, 0.6) is 11.5 Å². The molecule has 4 nitrogen and oxygen atoms in total. The number of carbonyl (C=O) groups is 1. The third kappa shape index (κ3) is 5.48. The number of nitrogens with zero attached hydrogens (tertiary/aromatic N) is 1. The zero-order valence-electron chi connectivity index (χ0n) is 15.1. The summed E-state index contributed by atoms with van der Waals surface area (Å²) in [4.78, 5) is 16.1. The molecule has 3 rings (SSSR count). The molecule has 1 atom stereocenters. The van der Waals surface area contributed by atoms with Crippen molar-refractivity contribution < 1.29 is 18.3 Å². The van der Waals surface area contributed by atoms with Crippen LogP contribution in [0.3, 0.4) is 0 Å². The number of pyridine rings is 1. The first-order valence-corrected chi connectivity index (χ1v) is 8.62. The molecule has 0 saturated heterocycles. The molecule has 2 aromatic carbocycles. The highest BCUT2D eigenvalue weighted by atomic mass is 19.1. The highest BCUT2D eigenvalue weighted by Gasteiger charge is 2.09. The minimum atomic E-state index is -0.695. The summed E-state index contributed by atoms with van der Waals surface area (Å²) in [6.45, 7) is 1.83. The molecule has 3 aromatic rings. The largest absolute Gasteiger partial charge is 0.457 e. The number of rotatable bonds is 6. The number of aromatic nitrogens is 1. The van der Waals surface area contributed by atoms with Gasteiger partial charge in [-0.05, 0) is 60.5 Å². The standard InChI is InChI=1S/C22H18F2N2O2/c1-15(26-22(27)6-5-16-11-18(23)14-19(24)12-16)17-3-2-4-21(13-17)28-20-7-9-25-10-8-20/h2-15H,1H3,(H,26,27). The summed E-state index contributed by atoms with van der Waals surface area (Å²) in [6, 6.07) is 13.6. The van der Waals surface area contributed by atoms with Crippen molar-refractivity contribution in [2.24, 2.45) is 0 Å². The summed E-state index contributed by atoms with van der Waals surface area (Å²) in [5, 5.41) is 2.81. The van der Waals surface area contributed by atoms with Gasteiger partial charge in [-0.1, -0.05) is 12.1 Å². The molecular formula is C22H18F2N2O2. The molecule has 6 heteroatoms. The lowest BCUT2D eigenvalue weighted by Crippen LogP contribution is -2.24. The van der Waals surface area contributed by atoms with Crippen molar-refractivity contribution in [2.45, 2.75) is 13.0 Å². The van der Waals surface area contributed by atoms with E-state index in [0.717, 1.165) is 23.8 Å². The van der Waals surface area contributed by atoms with Crippen molar-refractivity contribution in [3.8, 4) is 11.5 Å². The SMILES string of the molecule is CC(NC(=O)C=Cc1cc(F)cc(F)c1)c1cccc(Oc2ccncc2)c1. The first kappa shape index (κ1) is 19.2. The van der Waals surface area contributed by atoms with E-state index in [1.807, 2.05) is 31.2 Å². The zero-order valence-corrected chi connectivity index (χ0v) is 15.1. The number of halogens is 2. The molecule has 1 unspecified atom stereocenters. The molecule has 28 heavy (non-hydrogen) atoms. The predicted octanol–water partition coefficient (Wildman–Crippen LogP) is 5.04. The zero-order chi connectivity index (χ0) is 19.9. The second-order valence-electron chi connectivity index (χ2n) is 6.12. The van der Waals surface area contributed by atoms with E-state index in [0.29, 0.717) is 11.5 Å². The lowest BCUT2D eigenvalue weighted by atomic mass is 10.1. The number of hydrogen-bond donors (Lipinski definition) is 1. The number of hydrogen-bond acceptors (Lipinski definition) is 3. The van der Waals surface area contributed by atoms with Gasteiger partial charge in [0.25, 0.3) is 0 Å². The molecule has 0 aliphatic carbocycles. The Morgan fingerprint density at radius 1 is 1.04 bits per heavy atom. The Kier molecular flexibility index (Phi) is 6.11. The Bertz CT molecular complexity index is 971. The second kappa shape index (κ2) is 8.90. The lowest BCUT2D eigenvalue weighted by molar-refractivity contribution is -0.117. The Morgan fingerprint density at radius 3 is 2.46 bits per heavy atom. The first-order chi connectivity index (χ1) is 13.5. The fourth-order valence-electron chi connectivity index (χ4n) is 2.58. The van der Waals surface area contributed by atoms with Crippen LogP contribution in [0.2, 0.25) is 0 Å². The smallest absolute Gasteiger partial charge is 0.244 e. The highest BCUT2D eigenvalue weighted by Crippen LogP contribution is 2.24. The maximum Gasteiger partial charge on any atom is 0.244 e. The van der Waals surface area contributed by atoms with Gasteiger partial charge in [-0.25, -0.2) is 8.78 Å². The maximum absolute atomic E-state index is 13.2. The lowest BCUT2D eigenvalue weighted by Gasteiger charge is -2.14. The van der Waals surface area contributed by atoms with E-state index in [2.05, 4.69) is 10.3 Å². The molecule has 0 radical (unpaired) electrons. The third-order valence-corrected chi connectivity index (χ3v) is 3.91. The average Bonchev–Trinajstić information content (AvgIpc) is 2.67. The summed E-state index contributed by atoms with van der Waals surface area (Å²) in [5.41, 5.74) is 1.12.